The molecule has 0 saturated heterocycles. The molecule has 0 heterocycles. The molecule has 0 atom stereocenters. The van der Waals surface area contributed by atoms with Crippen molar-refractivity contribution in [2.45, 2.75) is 0 Å². The maximum Gasteiger partial charge on any atom is 0.337 e. The highest BCUT2D eigenvalue weighted by atomic mass is 16.5. The van der Waals surface area contributed by atoms with Crippen LogP contribution in [0.2, 0.25) is 0 Å². The van der Waals surface area contributed by atoms with Gasteiger partial charge < -0.3 is 19.7 Å². The number of esters is 2. The minimum Gasteiger partial charge on any atom is -0.478 e. The summed E-state index contributed by atoms with van der Waals surface area (Å²) in [5.74, 6) is -3.32. The van der Waals surface area contributed by atoms with Crippen molar-refractivity contribution in [3.8, 4) is 0 Å². The van der Waals surface area contributed by atoms with Crippen LogP contribution in [-0.2, 0) is 9.47 Å². The van der Waals surface area contributed by atoms with E-state index in [1.807, 2.05) is 0 Å². The van der Waals surface area contributed by atoms with E-state index in [9.17, 15) is 19.2 Å². The molecule has 3 aromatic rings. The van der Waals surface area contributed by atoms with Crippen molar-refractivity contribution < 1.29 is 38.9 Å². The molecule has 8 nitrogen and oxygen atoms in total. The van der Waals surface area contributed by atoms with Crippen LogP contribution in [0.15, 0.2) is 60.7 Å². The Hall–Kier alpha value is -4.20. The second-order valence-electron chi connectivity index (χ2n) is 5.88. The summed E-state index contributed by atoms with van der Waals surface area (Å²) in [5.41, 5.74) is 0.456. The molecule has 0 amide bonds. The van der Waals surface area contributed by atoms with Gasteiger partial charge in [0.1, 0.15) is 0 Å². The van der Waals surface area contributed by atoms with Gasteiger partial charge in [0.2, 0.25) is 0 Å². The lowest BCUT2D eigenvalue weighted by Gasteiger charge is -2.05. The first-order chi connectivity index (χ1) is 14.3. The molecule has 0 aliphatic rings. The Morgan fingerprint density at radius 2 is 1.17 bits per heavy atom. The van der Waals surface area contributed by atoms with Crippen LogP contribution in [0.5, 0.6) is 0 Å². The van der Waals surface area contributed by atoms with Crippen molar-refractivity contribution in [1.82, 2.24) is 0 Å². The number of carbonyl (C=O) groups is 4. The summed E-state index contributed by atoms with van der Waals surface area (Å²) < 4.78 is 9.02. The molecular formula is C22H18O8. The number of methoxy groups -OCH3 is 2. The number of carboxylic acid groups (broad SMARTS) is 2. The lowest BCUT2D eigenvalue weighted by atomic mass is 9.99. The van der Waals surface area contributed by atoms with Crippen LogP contribution in [0, 0.1) is 0 Å². The van der Waals surface area contributed by atoms with Gasteiger partial charge in [0, 0.05) is 0 Å². The Kier molecular flexibility index (Phi) is 7.24. The van der Waals surface area contributed by atoms with E-state index >= 15 is 0 Å². The average Bonchev–Trinajstić information content (AvgIpc) is 2.77. The van der Waals surface area contributed by atoms with Crippen molar-refractivity contribution in [3.05, 3.63) is 82.9 Å². The summed E-state index contributed by atoms with van der Waals surface area (Å²) in [6, 6.07) is 15.8. The molecule has 30 heavy (non-hydrogen) atoms. The second kappa shape index (κ2) is 9.83. The molecule has 0 spiro atoms. The highest BCUT2D eigenvalue weighted by molar-refractivity contribution is 6.11. The third-order valence-corrected chi connectivity index (χ3v) is 4.10. The molecule has 0 radical (unpaired) electrons. The van der Waals surface area contributed by atoms with Crippen LogP contribution in [0.4, 0.5) is 0 Å². The maximum atomic E-state index is 11.1. The van der Waals surface area contributed by atoms with Crippen molar-refractivity contribution in [1.29, 1.82) is 0 Å². The van der Waals surface area contributed by atoms with Crippen LogP contribution in [0.25, 0.3) is 10.8 Å². The minimum absolute atomic E-state index is 0.161. The van der Waals surface area contributed by atoms with E-state index in [2.05, 4.69) is 9.47 Å². The largest absolute Gasteiger partial charge is 0.478 e. The summed E-state index contributed by atoms with van der Waals surface area (Å²) in [4.78, 5) is 44.0. The zero-order valence-electron chi connectivity index (χ0n) is 16.1. The molecule has 0 saturated carbocycles. The van der Waals surface area contributed by atoms with E-state index in [0.29, 0.717) is 21.9 Å². The smallest absolute Gasteiger partial charge is 0.337 e. The van der Waals surface area contributed by atoms with Crippen LogP contribution < -0.4 is 0 Å². The van der Waals surface area contributed by atoms with E-state index in [-0.39, 0.29) is 11.1 Å². The van der Waals surface area contributed by atoms with Gasteiger partial charge in [-0.2, -0.15) is 0 Å². The lowest BCUT2D eigenvalue weighted by Crippen LogP contribution is -2.08. The fourth-order valence-corrected chi connectivity index (χ4v) is 2.66. The maximum absolute atomic E-state index is 11.1. The van der Waals surface area contributed by atoms with Crippen LogP contribution in [0.1, 0.15) is 41.4 Å². The normalized spacial score (nSPS) is 9.80. The summed E-state index contributed by atoms with van der Waals surface area (Å²) in [6.07, 6.45) is 0. The monoisotopic (exact) mass is 410 g/mol. The number of carbonyl (C=O) groups excluding carboxylic acids is 2. The predicted molar refractivity (Wildman–Crippen MR) is 107 cm³/mol. The third-order valence-electron chi connectivity index (χ3n) is 4.10. The molecule has 0 bridgehead atoms. The zero-order valence-corrected chi connectivity index (χ0v) is 16.1. The lowest BCUT2D eigenvalue weighted by molar-refractivity contribution is 0.0586. The van der Waals surface area contributed by atoms with Crippen molar-refractivity contribution >= 4 is 34.6 Å². The Balaban J connectivity index is 0.000000216. The van der Waals surface area contributed by atoms with Gasteiger partial charge in [-0.15, -0.1) is 0 Å². The zero-order chi connectivity index (χ0) is 22.3. The summed E-state index contributed by atoms with van der Waals surface area (Å²) in [7, 11) is 2.60. The van der Waals surface area contributed by atoms with Gasteiger partial charge in [0.25, 0.3) is 0 Å². The van der Waals surface area contributed by atoms with Crippen molar-refractivity contribution in [3.63, 3.8) is 0 Å². The van der Waals surface area contributed by atoms with Crippen LogP contribution in [0.3, 0.4) is 0 Å². The molecule has 3 aromatic carbocycles. The Labute approximate surface area is 171 Å². The first-order valence-electron chi connectivity index (χ1n) is 8.55. The van der Waals surface area contributed by atoms with E-state index in [4.69, 9.17) is 10.2 Å². The fourth-order valence-electron chi connectivity index (χ4n) is 2.66. The van der Waals surface area contributed by atoms with E-state index in [1.54, 1.807) is 30.3 Å². The quantitative estimate of drug-likeness (QED) is 0.626. The number of benzene rings is 3. The molecule has 8 heteroatoms. The summed E-state index contributed by atoms with van der Waals surface area (Å²) in [5, 5.41) is 19.1. The van der Waals surface area contributed by atoms with Crippen LogP contribution in [-0.4, -0.2) is 48.3 Å². The van der Waals surface area contributed by atoms with Gasteiger partial charge in [-0.25, -0.2) is 19.2 Å². The van der Waals surface area contributed by atoms with E-state index < -0.39 is 23.9 Å². The van der Waals surface area contributed by atoms with Gasteiger partial charge in [0.15, 0.2) is 0 Å². The molecule has 0 aliphatic heterocycles. The summed E-state index contributed by atoms with van der Waals surface area (Å²) in [6.45, 7) is 0. The first-order valence-corrected chi connectivity index (χ1v) is 8.55. The van der Waals surface area contributed by atoms with Gasteiger partial charge in [-0.1, -0.05) is 30.3 Å². The molecule has 0 unspecified atom stereocenters. The van der Waals surface area contributed by atoms with Gasteiger partial charge >= 0.3 is 23.9 Å². The predicted octanol–water partition coefficient (Wildman–Crippen LogP) is 3.50. The van der Waals surface area contributed by atoms with Crippen LogP contribution >= 0.6 is 0 Å². The SMILES string of the molecule is COC(=O)c1ccc(C(=O)OC)cc1.O=C(O)c1ccc2ccccc2c1C(=O)O. The number of ether oxygens (including phenoxy) is 2. The van der Waals surface area contributed by atoms with Crippen molar-refractivity contribution in [2.24, 2.45) is 0 Å². The molecule has 154 valence electrons. The molecule has 0 aliphatic carbocycles. The Morgan fingerprint density at radius 1 is 0.667 bits per heavy atom. The first kappa shape index (κ1) is 22.1. The fraction of sp³-hybridized carbons (Fsp3) is 0.0909. The Morgan fingerprint density at radius 3 is 1.60 bits per heavy atom. The number of fused-ring (bicyclic) bond motifs is 1. The number of rotatable bonds is 4. The molecule has 0 fully saturated rings. The van der Waals surface area contributed by atoms with E-state index in [0.717, 1.165) is 0 Å². The number of hydrogen-bond donors (Lipinski definition) is 2. The standard InChI is InChI=1S/C12H8O4.C10H10O4/c13-11(14)9-6-5-7-3-1-2-4-8(7)10(9)12(15)16;1-13-9(11)7-3-5-8(6-4-7)10(12)14-2/h1-6H,(H,13,14)(H,15,16);3-6H,1-2H3. The molecule has 2 N–H and O–H groups in total. The molecular weight excluding hydrogens is 392 g/mol. The summed E-state index contributed by atoms with van der Waals surface area (Å²) >= 11 is 0. The second-order valence-corrected chi connectivity index (χ2v) is 5.88. The van der Waals surface area contributed by atoms with Gasteiger partial charge in [0.05, 0.1) is 36.5 Å². The number of hydrogen-bond acceptors (Lipinski definition) is 6. The number of aromatic carboxylic acids is 2. The molecule has 0 aromatic heterocycles. The van der Waals surface area contributed by atoms with Gasteiger partial charge in [-0.3, -0.25) is 0 Å². The molecule has 3 rings (SSSR count). The third kappa shape index (κ3) is 4.99. The topological polar surface area (TPSA) is 127 Å². The average molecular weight is 410 g/mol. The highest BCUT2D eigenvalue weighted by Gasteiger charge is 2.18. The highest BCUT2D eigenvalue weighted by Crippen LogP contribution is 2.22. The Bertz CT molecular complexity index is 1060. The van der Waals surface area contributed by atoms with E-state index in [1.165, 1.54) is 44.6 Å². The van der Waals surface area contributed by atoms with Crippen molar-refractivity contribution in [2.75, 3.05) is 14.2 Å². The number of carboxylic acids is 2. The van der Waals surface area contributed by atoms with Gasteiger partial charge in [-0.05, 0) is 41.1 Å². The minimum atomic E-state index is -1.23.